The van der Waals surface area contributed by atoms with E-state index >= 15 is 0 Å². The fraction of sp³-hybridized carbons (Fsp3) is 0.571. The van der Waals surface area contributed by atoms with Crippen molar-refractivity contribution in [1.82, 2.24) is 5.32 Å². The summed E-state index contributed by atoms with van der Waals surface area (Å²) in [6.07, 6.45) is 3.35. The Kier molecular flexibility index (Phi) is 6.14. The molecule has 0 aliphatic rings. The minimum absolute atomic E-state index is 0.102. The molecule has 0 spiro atoms. The maximum absolute atomic E-state index is 13.9. The Bertz CT molecular complexity index is 354. The molecule has 0 saturated heterocycles. The SMILES string of the molecule is CCCC(C)CC(NC)c1ccc(Br)cc1F. The number of rotatable bonds is 6. The van der Waals surface area contributed by atoms with Crippen LogP contribution >= 0.6 is 15.9 Å². The van der Waals surface area contributed by atoms with Crippen LogP contribution in [0.1, 0.15) is 44.7 Å². The van der Waals surface area contributed by atoms with Crippen LogP contribution < -0.4 is 5.32 Å². The first-order valence-corrected chi connectivity index (χ1v) is 7.00. The summed E-state index contributed by atoms with van der Waals surface area (Å²) in [7, 11) is 1.89. The van der Waals surface area contributed by atoms with E-state index in [0.29, 0.717) is 5.92 Å². The summed E-state index contributed by atoms with van der Waals surface area (Å²) in [5.74, 6) is 0.475. The van der Waals surface area contributed by atoms with Crippen molar-refractivity contribution in [3.05, 3.63) is 34.1 Å². The molecule has 1 aromatic carbocycles. The maximum atomic E-state index is 13.9. The van der Waals surface area contributed by atoms with E-state index in [-0.39, 0.29) is 11.9 Å². The van der Waals surface area contributed by atoms with Gasteiger partial charge in [-0.25, -0.2) is 4.39 Å². The Balaban J connectivity index is 2.79. The van der Waals surface area contributed by atoms with Crippen LogP contribution in [0, 0.1) is 11.7 Å². The van der Waals surface area contributed by atoms with Crippen molar-refractivity contribution >= 4 is 15.9 Å². The molecule has 3 heteroatoms. The fourth-order valence-electron chi connectivity index (χ4n) is 2.20. The highest BCUT2D eigenvalue weighted by atomic mass is 79.9. The molecule has 1 aromatic rings. The monoisotopic (exact) mass is 301 g/mol. The van der Waals surface area contributed by atoms with E-state index in [2.05, 4.69) is 35.1 Å². The van der Waals surface area contributed by atoms with Crippen molar-refractivity contribution in [2.24, 2.45) is 5.92 Å². The highest BCUT2D eigenvalue weighted by Crippen LogP contribution is 2.27. The van der Waals surface area contributed by atoms with Gasteiger partial charge in [0.05, 0.1) is 0 Å². The van der Waals surface area contributed by atoms with Crippen LogP contribution in [-0.2, 0) is 0 Å². The van der Waals surface area contributed by atoms with Gasteiger partial charge in [-0.05, 0) is 31.5 Å². The van der Waals surface area contributed by atoms with E-state index in [0.717, 1.165) is 16.5 Å². The summed E-state index contributed by atoms with van der Waals surface area (Å²) in [6.45, 7) is 4.41. The summed E-state index contributed by atoms with van der Waals surface area (Å²) in [6, 6.07) is 5.39. The molecule has 0 heterocycles. The van der Waals surface area contributed by atoms with Crippen LogP contribution in [0.3, 0.4) is 0 Å². The van der Waals surface area contributed by atoms with Crippen molar-refractivity contribution in [3.63, 3.8) is 0 Å². The Morgan fingerprint density at radius 1 is 1.41 bits per heavy atom. The molecule has 0 aliphatic heterocycles. The first-order chi connectivity index (χ1) is 8.08. The largest absolute Gasteiger partial charge is 0.313 e. The lowest BCUT2D eigenvalue weighted by molar-refractivity contribution is 0.397. The predicted octanol–water partition coefficient (Wildman–Crippen LogP) is 4.68. The second-order valence-corrected chi connectivity index (χ2v) is 5.55. The van der Waals surface area contributed by atoms with E-state index in [1.165, 1.54) is 18.9 Å². The number of halogens is 2. The number of hydrogen-bond acceptors (Lipinski definition) is 1. The standard InChI is InChI=1S/C14H21BrFN/c1-4-5-10(2)8-14(17-3)12-7-6-11(15)9-13(12)16/h6-7,9-10,14,17H,4-5,8H2,1-3H3. The first kappa shape index (κ1) is 14.7. The van der Waals surface area contributed by atoms with Gasteiger partial charge in [0.2, 0.25) is 0 Å². The molecule has 0 bridgehead atoms. The van der Waals surface area contributed by atoms with Crippen molar-refractivity contribution in [3.8, 4) is 0 Å². The summed E-state index contributed by atoms with van der Waals surface area (Å²) >= 11 is 3.28. The predicted molar refractivity (Wildman–Crippen MR) is 74.6 cm³/mol. The third-order valence-corrected chi connectivity index (χ3v) is 3.60. The first-order valence-electron chi connectivity index (χ1n) is 6.20. The van der Waals surface area contributed by atoms with Gasteiger partial charge in [0.15, 0.2) is 0 Å². The number of hydrogen-bond donors (Lipinski definition) is 1. The molecular formula is C14H21BrFN. The van der Waals surface area contributed by atoms with Crippen molar-refractivity contribution in [2.45, 2.75) is 39.2 Å². The Hall–Kier alpha value is -0.410. The molecular weight excluding hydrogens is 281 g/mol. The average Bonchev–Trinajstić information content (AvgIpc) is 2.27. The van der Waals surface area contributed by atoms with Crippen LogP contribution in [0.4, 0.5) is 4.39 Å². The zero-order valence-corrected chi connectivity index (χ0v) is 12.3. The quantitative estimate of drug-likeness (QED) is 0.805. The molecule has 96 valence electrons. The Labute approximate surface area is 112 Å². The van der Waals surface area contributed by atoms with Gasteiger partial charge in [-0.15, -0.1) is 0 Å². The molecule has 0 saturated carbocycles. The highest BCUT2D eigenvalue weighted by molar-refractivity contribution is 9.10. The minimum atomic E-state index is -0.137. The molecule has 1 N–H and O–H groups in total. The normalized spacial score (nSPS) is 14.6. The van der Waals surface area contributed by atoms with Crippen LogP contribution in [0.25, 0.3) is 0 Å². The lowest BCUT2D eigenvalue weighted by atomic mass is 9.93. The smallest absolute Gasteiger partial charge is 0.129 e. The zero-order valence-electron chi connectivity index (χ0n) is 10.8. The van der Waals surface area contributed by atoms with E-state index < -0.39 is 0 Å². The fourth-order valence-corrected chi connectivity index (χ4v) is 2.53. The van der Waals surface area contributed by atoms with Crippen molar-refractivity contribution in [2.75, 3.05) is 7.05 Å². The Morgan fingerprint density at radius 3 is 2.65 bits per heavy atom. The van der Waals surface area contributed by atoms with E-state index in [4.69, 9.17) is 0 Å². The third kappa shape index (κ3) is 4.40. The minimum Gasteiger partial charge on any atom is -0.313 e. The lowest BCUT2D eigenvalue weighted by Gasteiger charge is -2.21. The van der Waals surface area contributed by atoms with Gasteiger partial charge >= 0.3 is 0 Å². The maximum Gasteiger partial charge on any atom is 0.129 e. The van der Waals surface area contributed by atoms with Gasteiger partial charge in [-0.2, -0.15) is 0 Å². The van der Waals surface area contributed by atoms with Gasteiger partial charge < -0.3 is 5.32 Å². The highest BCUT2D eigenvalue weighted by Gasteiger charge is 2.16. The van der Waals surface area contributed by atoms with Crippen LogP contribution in [0.2, 0.25) is 0 Å². The zero-order chi connectivity index (χ0) is 12.8. The topological polar surface area (TPSA) is 12.0 Å². The van der Waals surface area contributed by atoms with Gasteiger partial charge in [-0.1, -0.05) is 48.7 Å². The van der Waals surface area contributed by atoms with Gasteiger partial charge in [0, 0.05) is 16.1 Å². The average molecular weight is 302 g/mol. The van der Waals surface area contributed by atoms with Crippen molar-refractivity contribution < 1.29 is 4.39 Å². The van der Waals surface area contributed by atoms with Gasteiger partial charge in [0.1, 0.15) is 5.82 Å². The molecule has 0 aliphatic carbocycles. The molecule has 0 radical (unpaired) electrons. The van der Waals surface area contributed by atoms with E-state index in [1.807, 2.05) is 19.2 Å². The third-order valence-electron chi connectivity index (χ3n) is 3.11. The number of benzene rings is 1. The molecule has 0 aromatic heterocycles. The van der Waals surface area contributed by atoms with Gasteiger partial charge in [0.25, 0.3) is 0 Å². The Morgan fingerprint density at radius 2 is 2.12 bits per heavy atom. The van der Waals surface area contributed by atoms with Gasteiger partial charge in [-0.3, -0.25) is 0 Å². The van der Waals surface area contributed by atoms with Crippen molar-refractivity contribution in [1.29, 1.82) is 0 Å². The molecule has 2 atom stereocenters. The van der Waals surface area contributed by atoms with E-state index in [9.17, 15) is 4.39 Å². The molecule has 1 rings (SSSR count). The second kappa shape index (κ2) is 7.12. The molecule has 17 heavy (non-hydrogen) atoms. The summed E-state index contributed by atoms with van der Waals surface area (Å²) < 4.78 is 14.6. The second-order valence-electron chi connectivity index (χ2n) is 4.64. The summed E-state index contributed by atoms with van der Waals surface area (Å²) in [4.78, 5) is 0. The summed E-state index contributed by atoms with van der Waals surface area (Å²) in [5.41, 5.74) is 0.763. The molecule has 0 amide bonds. The molecule has 0 fully saturated rings. The van der Waals surface area contributed by atoms with Crippen LogP contribution in [0.15, 0.2) is 22.7 Å². The van der Waals surface area contributed by atoms with Crippen LogP contribution in [-0.4, -0.2) is 7.05 Å². The lowest BCUT2D eigenvalue weighted by Crippen LogP contribution is -2.20. The summed E-state index contributed by atoms with van der Waals surface area (Å²) in [5, 5.41) is 3.21. The molecule has 2 unspecified atom stereocenters. The molecule has 1 nitrogen and oxygen atoms in total. The van der Waals surface area contributed by atoms with E-state index in [1.54, 1.807) is 0 Å². The number of nitrogens with one attached hydrogen (secondary N) is 1. The van der Waals surface area contributed by atoms with Crippen LogP contribution in [0.5, 0.6) is 0 Å².